The molecule has 0 fully saturated rings. The second-order valence-electron chi connectivity index (χ2n) is 3.70. The number of pyridine rings is 2. The van der Waals surface area contributed by atoms with Crippen LogP contribution in [0.3, 0.4) is 0 Å². The van der Waals surface area contributed by atoms with Crippen molar-refractivity contribution in [1.82, 2.24) is 9.97 Å². The smallest absolute Gasteiger partial charge is 0.0267 e. The van der Waals surface area contributed by atoms with Crippen molar-refractivity contribution >= 4 is 0 Å². The van der Waals surface area contributed by atoms with E-state index in [1.807, 2.05) is 82.3 Å². The van der Waals surface area contributed by atoms with Gasteiger partial charge < -0.3 is 0 Å². The van der Waals surface area contributed by atoms with Crippen molar-refractivity contribution in [1.29, 1.82) is 0 Å². The molecule has 0 aliphatic rings. The molecule has 2 heterocycles. The lowest BCUT2D eigenvalue weighted by molar-refractivity contribution is 1.33. The fourth-order valence-corrected chi connectivity index (χ4v) is 1.16. The molecule has 0 bridgehead atoms. The third kappa shape index (κ3) is 19.5. The molecule has 2 aromatic heterocycles. The van der Waals surface area contributed by atoms with Gasteiger partial charge in [-0.3, -0.25) is 9.97 Å². The Morgan fingerprint density at radius 3 is 0.913 bits per heavy atom. The van der Waals surface area contributed by atoms with Gasteiger partial charge in [-0.05, 0) is 31.2 Å². The van der Waals surface area contributed by atoms with Gasteiger partial charge in [0, 0.05) is 24.8 Å². The first-order valence-electron chi connectivity index (χ1n) is 8.11. The topological polar surface area (TPSA) is 25.8 Å². The number of nitrogens with zero attached hydrogens (tertiary/aromatic N) is 2. The van der Waals surface area contributed by atoms with Gasteiger partial charge in [-0.2, -0.15) is 0 Å². The maximum atomic E-state index is 3.78. The van der Waals surface area contributed by atoms with Gasteiger partial charge in [0.1, 0.15) is 0 Å². The van der Waals surface area contributed by atoms with Crippen LogP contribution in [0.2, 0.25) is 0 Å². The summed E-state index contributed by atoms with van der Waals surface area (Å²) >= 11 is 0. The monoisotopic (exact) mass is 310 g/mol. The lowest BCUT2D eigenvalue weighted by atomic mass is 10.2. The molecule has 2 nitrogen and oxygen atoms in total. The number of aryl methyl sites for hydroxylation is 1. The normalized spacial score (nSPS) is 7.35. The summed E-state index contributed by atoms with van der Waals surface area (Å²) in [5.41, 5.74) is 1.32. The Balaban J connectivity index is 0. The van der Waals surface area contributed by atoms with Gasteiger partial charge in [0.05, 0.1) is 0 Å². The minimum Gasteiger partial charge on any atom is -0.265 e. The number of aromatic nitrogens is 2. The molecule has 0 atom stereocenters. The average molecular weight is 310 g/mol. The lowest BCUT2D eigenvalue weighted by Crippen LogP contribution is -1.62. The molecule has 0 aliphatic heterocycles. The molecule has 1 aromatic carbocycles. The Bertz CT molecular complexity index is 411. The van der Waals surface area contributed by atoms with Crippen molar-refractivity contribution in [3.05, 3.63) is 97.1 Å². The predicted octanol–water partition coefficient (Wildman–Crippen LogP) is 6.21. The Morgan fingerprint density at radius 2 is 0.783 bits per heavy atom. The molecule has 3 rings (SSSR count). The lowest BCUT2D eigenvalue weighted by Gasteiger charge is -1.82. The van der Waals surface area contributed by atoms with E-state index in [1.54, 1.807) is 24.8 Å². The summed E-state index contributed by atoms with van der Waals surface area (Å²) in [4.78, 5) is 7.57. The number of benzene rings is 1. The third-order valence-electron chi connectivity index (χ3n) is 2.07. The van der Waals surface area contributed by atoms with E-state index in [4.69, 9.17) is 0 Å². The summed E-state index contributed by atoms with van der Waals surface area (Å²) < 4.78 is 0. The molecule has 0 saturated carbocycles. The van der Waals surface area contributed by atoms with Crippen molar-refractivity contribution < 1.29 is 0 Å². The highest BCUT2D eigenvalue weighted by Gasteiger charge is 1.72. The predicted molar refractivity (Wildman–Crippen MR) is 102 cm³/mol. The van der Waals surface area contributed by atoms with Crippen LogP contribution >= 0.6 is 0 Å². The molecule has 0 spiro atoms. The molecule has 2 heteroatoms. The average Bonchev–Trinajstić information content (AvgIpc) is 2.69. The second kappa shape index (κ2) is 21.8. The van der Waals surface area contributed by atoms with Crippen LogP contribution in [0.15, 0.2) is 91.5 Å². The summed E-state index contributed by atoms with van der Waals surface area (Å²) in [7, 11) is 0. The van der Waals surface area contributed by atoms with Crippen LogP contribution in [0.1, 0.15) is 33.3 Å². The van der Waals surface area contributed by atoms with Crippen molar-refractivity contribution in [3.63, 3.8) is 0 Å². The van der Waals surface area contributed by atoms with E-state index in [-0.39, 0.29) is 0 Å². The molecule has 0 amide bonds. The molecule has 3 aromatic rings. The Morgan fingerprint density at radius 1 is 0.478 bits per heavy atom. The summed E-state index contributed by atoms with van der Waals surface area (Å²) in [5.74, 6) is 0. The van der Waals surface area contributed by atoms with E-state index >= 15 is 0 Å². The van der Waals surface area contributed by atoms with E-state index in [0.29, 0.717) is 0 Å². The van der Waals surface area contributed by atoms with E-state index in [1.165, 1.54) is 5.56 Å². The van der Waals surface area contributed by atoms with Crippen LogP contribution in [0.25, 0.3) is 0 Å². The molecular weight excluding hydrogens is 280 g/mol. The maximum Gasteiger partial charge on any atom is 0.0267 e. The standard InChI is InChI=1S/C7H8.2C5H5N.2C2H6/c1-7-5-3-2-4-6-7;2*1-2-4-6-5-3-1;2*1-2/h2-6H,1H3;2*1-5H;2*1-2H3. The van der Waals surface area contributed by atoms with Gasteiger partial charge in [-0.1, -0.05) is 75.7 Å². The Labute approximate surface area is 142 Å². The molecule has 0 aliphatic carbocycles. The number of hydrogen-bond donors (Lipinski definition) is 0. The van der Waals surface area contributed by atoms with Crippen molar-refractivity contribution in [2.75, 3.05) is 0 Å². The van der Waals surface area contributed by atoms with Gasteiger partial charge in [0.15, 0.2) is 0 Å². The highest BCUT2D eigenvalue weighted by molar-refractivity contribution is 5.11. The molecular formula is C21H30N2. The summed E-state index contributed by atoms with van der Waals surface area (Å²) in [6.07, 6.45) is 7.00. The first kappa shape index (κ1) is 22.8. The molecule has 124 valence electrons. The van der Waals surface area contributed by atoms with Gasteiger partial charge in [-0.15, -0.1) is 0 Å². The summed E-state index contributed by atoms with van der Waals surface area (Å²) in [6, 6.07) is 21.7. The number of hydrogen-bond acceptors (Lipinski definition) is 2. The number of rotatable bonds is 0. The zero-order valence-electron chi connectivity index (χ0n) is 15.1. The van der Waals surface area contributed by atoms with Crippen LogP contribution in [-0.2, 0) is 0 Å². The zero-order valence-corrected chi connectivity index (χ0v) is 15.1. The van der Waals surface area contributed by atoms with E-state index < -0.39 is 0 Å². The molecule has 0 unspecified atom stereocenters. The molecule has 23 heavy (non-hydrogen) atoms. The van der Waals surface area contributed by atoms with Crippen LogP contribution in [-0.4, -0.2) is 9.97 Å². The quantitative estimate of drug-likeness (QED) is 0.493. The van der Waals surface area contributed by atoms with Crippen molar-refractivity contribution in [2.45, 2.75) is 34.6 Å². The van der Waals surface area contributed by atoms with Crippen LogP contribution in [0, 0.1) is 6.92 Å². The fraction of sp³-hybridized carbons (Fsp3) is 0.238. The van der Waals surface area contributed by atoms with Gasteiger partial charge in [-0.25, -0.2) is 0 Å². The first-order valence-corrected chi connectivity index (χ1v) is 8.11. The highest BCUT2D eigenvalue weighted by Crippen LogP contribution is 1.92. The highest BCUT2D eigenvalue weighted by atomic mass is 14.6. The van der Waals surface area contributed by atoms with Crippen LogP contribution in [0.5, 0.6) is 0 Å². The minimum atomic E-state index is 1.32. The largest absolute Gasteiger partial charge is 0.265 e. The first-order chi connectivity index (χ1) is 11.4. The van der Waals surface area contributed by atoms with Gasteiger partial charge in [0.2, 0.25) is 0 Å². The van der Waals surface area contributed by atoms with Crippen molar-refractivity contribution in [3.8, 4) is 0 Å². The second-order valence-corrected chi connectivity index (χ2v) is 3.70. The minimum absolute atomic E-state index is 1.32. The zero-order chi connectivity index (χ0) is 17.6. The SMILES string of the molecule is CC.CC.Cc1ccccc1.c1ccncc1.c1ccncc1. The van der Waals surface area contributed by atoms with E-state index in [9.17, 15) is 0 Å². The fourth-order valence-electron chi connectivity index (χ4n) is 1.16. The third-order valence-corrected chi connectivity index (χ3v) is 2.07. The van der Waals surface area contributed by atoms with Crippen LogP contribution < -0.4 is 0 Å². The Kier molecular flexibility index (Phi) is 21.6. The summed E-state index contributed by atoms with van der Waals surface area (Å²) in [5, 5.41) is 0. The molecule has 0 radical (unpaired) electrons. The Hall–Kier alpha value is -2.48. The molecule has 0 saturated heterocycles. The van der Waals surface area contributed by atoms with Crippen molar-refractivity contribution in [2.24, 2.45) is 0 Å². The van der Waals surface area contributed by atoms with Gasteiger partial charge >= 0.3 is 0 Å². The van der Waals surface area contributed by atoms with Crippen LogP contribution in [0.4, 0.5) is 0 Å². The van der Waals surface area contributed by atoms with E-state index in [2.05, 4.69) is 29.0 Å². The summed E-state index contributed by atoms with van der Waals surface area (Å²) in [6.45, 7) is 10.1. The van der Waals surface area contributed by atoms with E-state index in [0.717, 1.165) is 0 Å². The van der Waals surface area contributed by atoms with Gasteiger partial charge in [0.25, 0.3) is 0 Å². The molecule has 0 N–H and O–H groups in total. The maximum absolute atomic E-state index is 3.78.